The molecule has 0 aromatic rings. The number of ether oxygens (including phenoxy) is 4. The molecule has 0 bridgehead atoms. The first-order valence-electron chi connectivity index (χ1n) is 27.9. The summed E-state index contributed by atoms with van der Waals surface area (Å²) in [5.41, 5.74) is -1.22. The summed E-state index contributed by atoms with van der Waals surface area (Å²) in [6.07, 6.45) is 51.0. The number of hydrogen-bond donors (Lipinski definition) is 0. The third-order valence-corrected chi connectivity index (χ3v) is 12.3. The molecule has 0 saturated carbocycles. The largest absolute Gasteiger partial charge is 0.465 e. The number of unbranched alkanes of at least 4 members (excludes halogenated alkanes) is 26. The standard InChI is InChI=1S/C58H105NO8/c1-6-9-12-15-18-21-24-25-26-27-30-33-36-39-42-47-56(62)66-52-58(53-67-57(63)48-43-44-49-59(4)5,50-64-54(60)45-40-37-34-31-28-22-19-16-13-10-7-2)51-65-55(61)46-41-38-35-32-29-23-20-17-14-11-8-3/h16-17,19-20,25-26H,6-15,18,21-24,27-53H2,1-5H3/b19-16-,20-17-,26-25-. The molecule has 67 heavy (non-hydrogen) atoms. The van der Waals surface area contributed by atoms with E-state index < -0.39 is 5.41 Å². The Labute approximate surface area is 412 Å². The Bertz CT molecular complexity index is 1190. The average molecular weight is 944 g/mol. The molecule has 0 saturated heterocycles. The molecule has 0 unspecified atom stereocenters. The quantitative estimate of drug-likeness (QED) is 0.0255. The van der Waals surface area contributed by atoms with Crippen molar-refractivity contribution in [1.29, 1.82) is 0 Å². The lowest BCUT2D eigenvalue weighted by Gasteiger charge is -2.31. The van der Waals surface area contributed by atoms with Gasteiger partial charge < -0.3 is 23.8 Å². The molecule has 390 valence electrons. The fraction of sp³-hybridized carbons (Fsp3) is 0.828. The minimum atomic E-state index is -1.22. The van der Waals surface area contributed by atoms with Gasteiger partial charge in [0.05, 0.1) is 0 Å². The summed E-state index contributed by atoms with van der Waals surface area (Å²) in [6.45, 7) is 6.78. The molecular weight excluding hydrogens is 839 g/mol. The van der Waals surface area contributed by atoms with Gasteiger partial charge >= 0.3 is 23.9 Å². The number of hydrogen-bond acceptors (Lipinski definition) is 9. The maximum absolute atomic E-state index is 13.2. The minimum Gasteiger partial charge on any atom is -0.465 e. The summed E-state index contributed by atoms with van der Waals surface area (Å²) in [4.78, 5) is 54.5. The van der Waals surface area contributed by atoms with Gasteiger partial charge in [-0.05, 0) is 117 Å². The van der Waals surface area contributed by atoms with Crippen LogP contribution in [0.5, 0.6) is 0 Å². The van der Waals surface area contributed by atoms with Gasteiger partial charge in [0.25, 0.3) is 0 Å². The van der Waals surface area contributed by atoms with Crippen LogP contribution in [0.4, 0.5) is 0 Å². The molecule has 0 spiro atoms. The van der Waals surface area contributed by atoms with Crippen molar-refractivity contribution >= 4 is 23.9 Å². The zero-order chi connectivity index (χ0) is 49.2. The van der Waals surface area contributed by atoms with Crippen LogP contribution in [0.2, 0.25) is 0 Å². The van der Waals surface area contributed by atoms with Crippen molar-refractivity contribution in [2.24, 2.45) is 5.41 Å². The topological polar surface area (TPSA) is 108 Å². The van der Waals surface area contributed by atoms with Crippen molar-refractivity contribution in [3.63, 3.8) is 0 Å². The van der Waals surface area contributed by atoms with E-state index in [1.165, 1.54) is 70.6 Å². The van der Waals surface area contributed by atoms with Crippen molar-refractivity contribution in [1.82, 2.24) is 4.90 Å². The summed E-state index contributed by atoms with van der Waals surface area (Å²) in [7, 11) is 4.00. The number of carbonyl (C=O) groups is 4. The van der Waals surface area contributed by atoms with E-state index in [2.05, 4.69) is 62.1 Å². The molecule has 0 amide bonds. The molecule has 0 fully saturated rings. The number of rotatable bonds is 50. The molecule has 0 aromatic heterocycles. The maximum Gasteiger partial charge on any atom is 0.305 e. The van der Waals surface area contributed by atoms with Crippen LogP contribution in [0, 0.1) is 5.41 Å². The van der Waals surface area contributed by atoms with Crippen LogP contribution in [-0.4, -0.2) is 75.8 Å². The highest BCUT2D eigenvalue weighted by atomic mass is 16.6. The fourth-order valence-electron chi connectivity index (χ4n) is 7.75. The summed E-state index contributed by atoms with van der Waals surface area (Å²) in [5, 5.41) is 0. The highest BCUT2D eigenvalue weighted by molar-refractivity contribution is 5.71. The third kappa shape index (κ3) is 46.6. The Hall–Kier alpha value is -2.94. The molecule has 9 heteroatoms. The molecular formula is C58H105NO8. The Kier molecular flexibility index (Phi) is 47.3. The molecule has 0 radical (unpaired) electrons. The van der Waals surface area contributed by atoms with Gasteiger partial charge in [-0.1, -0.05) is 173 Å². The molecule has 0 aliphatic carbocycles. The van der Waals surface area contributed by atoms with Crippen molar-refractivity contribution in [2.75, 3.05) is 47.1 Å². The molecule has 0 heterocycles. The highest BCUT2D eigenvalue weighted by Gasteiger charge is 2.38. The number of allylic oxidation sites excluding steroid dienone is 6. The molecule has 0 rings (SSSR count). The predicted molar refractivity (Wildman–Crippen MR) is 280 cm³/mol. The number of esters is 4. The maximum atomic E-state index is 13.2. The second-order valence-electron chi connectivity index (χ2n) is 19.6. The first-order valence-corrected chi connectivity index (χ1v) is 27.9. The van der Waals surface area contributed by atoms with Crippen LogP contribution in [0.25, 0.3) is 0 Å². The van der Waals surface area contributed by atoms with Gasteiger partial charge in [-0.15, -0.1) is 0 Å². The average Bonchev–Trinajstić information content (AvgIpc) is 3.32. The summed E-state index contributed by atoms with van der Waals surface area (Å²) in [5.74, 6) is -1.46. The van der Waals surface area contributed by atoms with Crippen LogP contribution < -0.4 is 0 Å². The van der Waals surface area contributed by atoms with Crippen molar-refractivity contribution < 1.29 is 38.1 Å². The van der Waals surface area contributed by atoms with Crippen molar-refractivity contribution in [3.8, 4) is 0 Å². The predicted octanol–water partition coefficient (Wildman–Crippen LogP) is 15.9. The van der Waals surface area contributed by atoms with E-state index in [0.717, 1.165) is 141 Å². The Morgan fingerprint density at radius 1 is 0.328 bits per heavy atom. The molecule has 0 aliphatic heterocycles. The Morgan fingerprint density at radius 3 is 0.851 bits per heavy atom. The van der Waals surface area contributed by atoms with E-state index >= 15 is 0 Å². The molecule has 0 atom stereocenters. The van der Waals surface area contributed by atoms with Gasteiger partial charge in [0, 0.05) is 25.7 Å². The lowest BCUT2D eigenvalue weighted by molar-refractivity contribution is -0.170. The minimum absolute atomic E-state index is 0.189. The van der Waals surface area contributed by atoms with E-state index in [-0.39, 0.29) is 76.0 Å². The highest BCUT2D eigenvalue weighted by Crippen LogP contribution is 2.24. The number of carbonyl (C=O) groups excluding carboxylic acids is 4. The van der Waals surface area contributed by atoms with Crippen LogP contribution >= 0.6 is 0 Å². The van der Waals surface area contributed by atoms with Crippen molar-refractivity contribution in [2.45, 2.75) is 258 Å². The first kappa shape index (κ1) is 64.1. The van der Waals surface area contributed by atoms with Gasteiger partial charge in [0.1, 0.15) is 31.8 Å². The molecule has 0 N–H and O–H groups in total. The van der Waals surface area contributed by atoms with Crippen LogP contribution in [0.1, 0.15) is 258 Å². The molecule has 0 aromatic carbocycles. The lowest BCUT2D eigenvalue weighted by Crippen LogP contribution is -2.44. The Balaban J connectivity index is 5.37. The van der Waals surface area contributed by atoms with Crippen LogP contribution in [-0.2, 0) is 38.1 Å². The second kappa shape index (κ2) is 49.5. The first-order chi connectivity index (χ1) is 32.7. The monoisotopic (exact) mass is 944 g/mol. The summed E-state index contributed by atoms with van der Waals surface area (Å²) < 4.78 is 23.4. The fourth-order valence-corrected chi connectivity index (χ4v) is 7.75. The zero-order valence-electron chi connectivity index (χ0n) is 44.4. The third-order valence-electron chi connectivity index (χ3n) is 12.3. The zero-order valence-corrected chi connectivity index (χ0v) is 44.4. The van der Waals surface area contributed by atoms with Crippen LogP contribution in [0.15, 0.2) is 36.5 Å². The number of nitrogens with zero attached hydrogens (tertiary/aromatic N) is 1. The van der Waals surface area contributed by atoms with Gasteiger partial charge in [0.2, 0.25) is 0 Å². The summed E-state index contributed by atoms with van der Waals surface area (Å²) >= 11 is 0. The smallest absolute Gasteiger partial charge is 0.305 e. The van der Waals surface area contributed by atoms with E-state index in [9.17, 15) is 19.2 Å². The van der Waals surface area contributed by atoms with E-state index in [0.29, 0.717) is 6.42 Å². The SMILES string of the molecule is CCCC/C=C\CCCCCCCC(=O)OCC(COC(=O)CCCCCCC/C=C\CCCC)(COC(=O)CCCCCCC/C=C\CCCCCCCC)COC(=O)CCCCN(C)C. The normalized spacial score (nSPS) is 12.0. The lowest BCUT2D eigenvalue weighted by atomic mass is 9.92. The molecule has 0 aliphatic rings. The summed E-state index contributed by atoms with van der Waals surface area (Å²) in [6, 6.07) is 0. The van der Waals surface area contributed by atoms with Gasteiger partial charge in [-0.2, -0.15) is 0 Å². The van der Waals surface area contributed by atoms with E-state index in [1.807, 2.05) is 14.1 Å². The van der Waals surface area contributed by atoms with E-state index in [1.54, 1.807) is 0 Å². The van der Waals surface area contributed by atoms with E-state index in [4.69, 9.17) is 18.9 Å². The van der Waals surface area contributed by atoms with Crippen molar-refractivity contribution in [3.05, 3.63) is 36.5 Å². The van der Waals surface area contributed by atoms with Gasteiger partial charge in [0.15, 0.2) is 0 Å². The van der Waals surface area contributed by atoms with Gasteiger partial charge in [-0.3, -0.25) is 19.2 Å². The second-order valence-corrected chi connectivity index (χ2v) is 19.6. The Morgan fingerprint density at radius 2 is 0.567 bits per heavy atom. The van der Waals surface area contributed by atoms with Gasteiger partial charge in [-0.25, -0.2) is 0 Å². The molecule has 9 nitrogen and oxygen atoms in total. The van der Waals surface area contributed by atoms with Crippen LogP contribution in [0.3, 0.4) is 0 Å².